The molecule has 0 radical (unpaired) electrons. The van der Waals surface area contributed by atoms with E-state index in [2.05, 4.69) is 20.8 Å². The van der Waals surface area contributed by atoms with Crippen molar-refractivity contribution < 1.29 is 0 Å². The molecular formula is C11H14N4S. The van der Waals surface area contributed by atoms with Gasteiger partial charge in [-0.15, -0.1) is 11.3 Å². The summed E-state index contributed by atoms with van der Waals surface area (Å²) in [5, 5.41) is 11.0. The van der Waals surface area contributed by atoms with E-state index in [1.54, 1.807) is 16.0 Å². The number of aromatic nitrogens is 3. The first-order chi connectivity index (χ1) is 7.81. The molecule has 1 aliphatic rings. The fraction of sp³-hybridized carbons (Fsp3) is 0.455. The Morgan fingerprint density at radius 1 is 1.56 bits per heavy atom. The molecule has 2 heterocycles. The summed E-state index contributed by atoms with van der Waals surface area (Å²) in [7, 11) is 1.92. The first kappa shape index (κ1) is 9.84. The molecule has 16 heavy (non-hydrogen) atoms. The Kier molecular flexibility index (Phi) is 2.40. The second kappa shape index (κ2) is 3.90. The Balaban J connectivity index is 1.61. The second-order valence-corrected chi connectivity index (χ2v) is 5.07. The van der Waals surface area contributed by atoms with E-state index in [-0.39, 0.29) is 0 Å². The van der Waals surface area contributed by atoms with Gasteiger partial charge < -0.3 is 5.32 Å². The average molecular weight is 234 g/mol. The molecule has 84 valence electrons. The molecule has 2 aromatic rings. The van der Waals surface area contributed by atoms with Gasteiger partial charge in [-0.3, -0.25) is 4.68 Å². The standard InChI is InChI=1S/C11H14N4S/c1-15-5-4-10(14-15)12-6-9-7-16-11(13-9)8-2-3-8/h4-5,7-8H,2-3,6H2,1H3,(H,12,14). The third kappa shape index (κ3) is 2.09. The van der Waals surface area contributed by atoms with E-state index in [4.69, 9.17) is 0 Å². The molecule has 0 aromatic carbocycles. The monoisotopic (exact) mass is 234 g/mol. The van der Waals surface area contributed by atoms with Crippen LogP contribution in [0.15, 0.2) is 17.6 Å². The minimum Gasteiger partial charge on any atom is -0.363 e. The highest BCUT2D eigenvalue weighted by Gasteiger charge is 2.26. The summed E-state index contributed by atoms with van der Waals surface area (Å²) in [5.74, 6) is 1.66. The van der Waals surface area contributed by atoms with Gasteiger partial charge in [0.25, 0.3) is 0 Å². The van der Waals surface area contributed by atoms with Gasteiger partial charge in [0.1, 0.15) is 5.82 Å². The average Bonchev–Trinajstić information content (AvgIpc) is 2.87. The highest BCUT2D eigenvalue weighted by Crippen LogP contribution is 2.41. The molecule has 1 N–H and O–H groups in total. The Morgan fingerprint density at radius 2 is 2.44 bits per heavy atom. The normalized spacial score (nSPS) is 15.3. The Bertz CT molecular complexity index is 484. The summed E-state index contributed by atoms with van der Waals surface area (Å²) in [4.78, 5) is 4.62. The predicted octanol–water partition coefficient (Wildman–Crippen LogP) is 2.37. The quantitative estimate of drug-likeness (QED) is 0.883. The van der Waals surface area contributed by atoms with Crippen molar-refractivity contribution in [2.24, 2.45) is 7.05 Å². The van der Waals surface area contributed by atoms with Crippen LogP contribution < -0.4 is 5.32 Å². The van der Waals surface area contributed by atoms with Crippen molar-refractivity contribution in [1.29, 1.82) is 0 Å². The molecule has 0 atom stereocenters. The molecule has 3 rings (SSSR count). The van der Waals surface area contributed by atoms with E-state index >= 15 is 0 Å². The number of nitrogens with zero attached hydrogens (tertiary/aromatic N) is 3. The van der Waals surface area contributed by atoms with Crippen LogP contribution in [0.5, 0.6) is 0 Å². The number of nitrogens with one attached hydrogen (secondary N) is 1. The lowest BCUT2D eigenvalue weighted by Gasteiger charge is -1.98. The van der Waals surface area contributed by atoms with Crippen molar-refractivity contribution in [3.63, 3.8) is 0 Å². The zero-order chi connectivity index (χ0) is 11.0. The molecule has 0 aliphatic heterocycles. The highest BCUT2D eigenvalue weighted by molar-refractivity contribution is 7.09. The van der Waals surface area contributed by atoms with Gasteiger partial charge in [-0.1, -0.05) is 0 Å². The summed E-state index contributed by atoms with van der Waals surface area (Å²) < 4.78 is 1.79. The van der Waals surface area contributed by atoms with E-state index in [0.717, 1.165) is 24.0 Å². The number of anilines is 1. The molecule has 0 saturated heterocycles. The van der Waals surface area contributed by atoms with Gasteiger partial charge in [0.15, 0.2) is 0 Å². The molecule has 2 aromatic heterocycles. The van der Waals surface area contributed by atoms with Crippen LogP contribution in [0.2, 0.25) is 0 Å². The van der Waals surface area contributed by atoms with Gasteiger partial charge in [0.2, 0.25) is 0 Å². The van der Waals surface area contributed by atoms with E-state index in [1.165, 1.54) is 17.8 Å². The molecule has 4 nitrogen and oxygen atoms in total. The van der Waals surface area contributed by atoms with Gasteiger partial charge in [0, 0.05) is 30.6 Å². The van der Waals surface area contributed by atoms with Crippen molar-refractivity contribution >= 4 is 17.2 Å². The third-order valence-corrected chi connectivity index (χ3v) is 3.72. The first-order valence-corrected chi connectivity index (χ1v) is 6.37. The number of thiazole rings is 1. The summed E-state index contributed by atoms with van der Waals surface area (Å²) in [6.45, 7) is 0.764. The number of aryl methyl sites for hydroxylation is 1. The number of hydrogen-bond acceptors (Lipinski definition) is 4. The van der Waals surface area contributed by atoms with Gasteiger partial charge in [-0.25, -0.2) is 4.98 Å². The lowest BCUT2D eigenvalue weighted by atomic mass is 10.4. The Morgan fingerprint density at radius 3 is 3.12 bits per heavy atom. The van der Waals surface area contributed by atoms with Crippen molar-refractivity contribution in [3.05, 3.63) is 28.3 Å². The van der Waals surface area contributed by atoms with Crippen LogP contribution in [0.1, 0.15) is 29.5 Å². The van der Waals surface area contributed by atoms with E-state index < -0.39 is 0 Å². The molecule has 5 heteroatoms. The molecule has 1 fully saturated rings. The third-order valence-electron chi connectivity index (χ3n) is 2.66. The molecule has 0 spiro atoms. The smallest absolute Gasteiger partial charge is 0.148 e. The van der Waals surface area contributed by atoms with E-state index in [0.29, 0.717) is 0 Å². The molecule has 1 aliphatic carbocycles. The maximum absolute atomic E-state index is 4.62. The van der Waals surface area contributed by atoms with Crippen LogP contribution in [0, 0.1) is 0 Å². The zero-order valence-electron chi connectivity index (χ0n) is 9.18. The molecular weight excluding hydrogens is 220 g/mol. The van der Waals surface area contributed by atoms with Crippen LogP contribution in [0.3, 0.4) is 0 Å². The zero-order valence-corrected chi connectivity index (χ0v) is 10.00. The number of rotatable bonds is 4. The lowest BCUT2D eigenvalue weighted by molar-refractivity contribution is 0.768. The maximum Gasteiger partial charge on any atom is 0.148 e. The van der Waals surface area contributed by atoms with Gasteiger partial charge in [-0.2, -0.15) is 5.10 Å². The first-order valence-electron chi connectivity index (χ1n) is 5.49. The van der Waals surface area contributed by atoms with E-state index in [9.17, 15) is 0 Å². The summed E-state index contributed by atoms with van der Waals surface area (Å²) >= 11 is 1.78. The maximum atomic E-state index is 4.62. The molecule has 1 saturated carbocycles. The summed E-state index contributed by atoms with van der Waals surface area (Å²) in [6.07, 6.45) is 4.57. The van der Waals surface area contributed by atoms with Crippen LogP contribution in [0.25, 0.3) is 0 Å². The minimum absolute atomic E-state index is 0.758. The van der Waals surface area contributed by atoms with Gasteiger partial charge in [0.05, 0.1) is 17.2 Å². The van der Waals surface area contributed by atoms with Crippen molar-refractivity contribution in [1.82, 2.24) is 14.8 Å². The minimum atomic E-state index is 0.758. The van der Waals surface area contributed by atoms with E-state index in [1.807, 2.05) is 19.3 Å². The van der Waals surface area contributed by atoms with Crippen molar-refractivity contribution in [2.45, 2.75) is 25.3 Å². The Hall–Kier alpha value is -1.36. The van der Waals surface area contributed by atoms with Crippen molar-refractivity contribution in [3.8, 4) is 0 Å². The predicted molar refractivity (Wildman–Crippen MR) is 64.6 cm³/mol. The lowest BCUT2D eigenvalue weighted by Crippen LogP contribution is -2.01. The fourth-order valence-corrected chi connectivity index (χ4v) is 2.60. The molecule has 0 amide bonds. The summed E-state index contributed by atoms with van der Waals surface area (Å²) in [6, 6.07) is 1.97. The molecule has 0 unspecified atom stereocenters. The fourth-order valence-electron chi connectivity index (χ4n) is 1.61. The highest BCUT2D eigenvalue weighted by atomic mass is 32.1. The van der Waals surface area contributed by atoms with Crippen molar-refractivity contribution in [2.75, 3.05) is 5.32 Å². The van der Waals surface area contributed by atoms with Crippen LogP contribution in [0.4, 0.5) is 5.82 Å². The van der Waals surface area contributed by atoms with Gasteiger partial charge in [-0.05, 0) is 12.8 Å². The van der Waals surface area contributed by atoms with Gasteiger partial charge >= 0.3 is 0 Å². The second-order valence-electron chi connectivity index (χ2n) is 4.18. The largest absolute Gasteiger partial charge is 0.363 e. The van der Waals surface area contributed by atoms with Crippen LogP contribution >= 0.6 is 11.3 Å². The SMILES string of the molecule is Cn1ccc(NCc2csc(C3CC3)n2)n1. The van der Waals surface area contributed by atoms with Crippen LogP contribution in [-0.4, -0.2) is 14.8 Å². The molecule has 0 bridgehead atoms. The Labute approximate surface area is 98.3 Å². The van der Waals surface area contributed by atoms with Crippen LogP contribution in [-0.2, 0) is 13.6 Å². The topological polar surface area (TPSA) is 42.7 Å². The summed E-state index contributed by atoms with van der Waals surface area (Å²) in [5.41, 5.74) is 1.12. The number of hydrogen-bond donors (Lipinski definition) is 1.